The maximum atomic E-state index is 9.88. The quantitative estimate of drug-likeness (QED) is 0.797. The average Bonchev–Trinajstić information content (AvgIpc) is 2.21. The van der Waals surface area contributed by atoms with Gasteiger partial charge in [-0.1, -0.05) is 25.4 Å². The van der Waals surface area contributed by atoms with Crippen LogP contribution in [0.1, 0.15) is 31.0 Å². The molecule has 1 aromatic rings. The number of aromatic hydroxyl groups is 1. The molecule has 0 spiro atoms. The van der Waals surface area contributed by atoms with E-state index in [0.717, 1.165) is 0 Å². The van der Waals surface area contributed by atoms with Gasteiger partial charge in [-0.2, -0.15) is 0 Å². The first-order valence-electron chi connectivity index (χ1n) is 5.27. The van der Waals surface area contributed by atoms with Gasteiger partial charge in [0.1, 0.15) is 5.75 Å². The minimum Gasteiger partial charge on any atom is -0.507 e. The van der Waals surface area contributed by atoms with Crippen molar-refractivity contribution in [2.24, 2.45) is 11.7 Å². The Morgan fingerprint density at radius 3 is 2.29 bits per heavy atom. The molecule has 0 unspecified atom stereocenters. The van der Waals surface area contributed by atoms with Gasteiger partial charge in [0.25, 0.3) is 0 Å². The molecule has 5 heteroatoms. The molecular formula is C12H19Cl2NO2. The van der Waals surface area contributed by atoms with Gasteiger partial charge in [-0.25, -0.2) is 0 Å². The molecule has 1 aromatic carbocycles. The number of benzene rings is 1. The summed E-state index contributed by atoms with van der Waals surface area (Å²) in [5, 5.41) is 20.3. The number of phenols is 1. The summed E-state index contributed by atoms with van der Waals surface area (Å²) < 4.78 is 0. The van der Waals surface area contributed by atoms with Gasteiger partial charge < -0.3 is 15.9 Å². The fourth-order valence-corrected chi connectivity index (χ4v) is 1.90. The molecule has 0 saturated carbocycles. The number of rotatable bonds is 3. The van der Waals surface area contributed by atoms with Crippen molar-refractivity contribution in [2.75, 3.05) is 0 Å². The topological polar surface area (TPSA) is 66.5 Å². The van der Waals surface area contributed by atoms with Gasteiger partial charge in [0, 0.05) is 10.6 Å². The highest BCUT2D eigenvalue weighted by Crippen LogP contribution is 2.32. The highest BCUT2D eigenvalue weighted by Gasteiger charge is 2.23. The Hall–Kier alpha value is -0.480. The first-order valence-corrected chi connectivity index (χ1v) is 5.65. The predicted octanol–water partition coefficient (Wildman–Crippen LogP) is 2.79. The zero-order valence-electron chi connectivity index (χ0n) is 10.1. The van der Waals surface area contributed by atoms with E-state index in [1.165, 1.54) is 0 Å². The number of phenolic OH excluding ortho intramolecular Hbond substituents is 1. The zero-order valence-corrected chi connectivity index (χ0v) is 11.7. The molecule has 0 heterocycles. The standard InChI is InChI=1S/C12H18ClNO2.ClH/c1-6(2)11(15)10(14)9-5-8(13)4-7(3)12(9)16;/h4-6,10-11,15-16H,14H2,1-3H3;1H/t10-,11+;/m0./s1. The van der Waals surface area contributed by atoms with Crippen molar-refractivity contribution >= 4 is 24.0 Å². The normalized spacial score (nSPS) is 14.3. The van der Waals surface area contributed by atoms with Gasteiger partial charge in [-0.05, 0) is 30.5 Å². The Labute approximate surface area is 113 Å². The van der Waals surface area contributed by atoms with E-state index in [4.69, 9.17) is 17.3 Å². The lowest BCUT2D eigenvalue weighted by Crippen LogP contribution is -2.30. The minimum atomic E-state index is -0.705. The number of hydrogen-bond acceptors (Lipinski definition) is 3. The van der Waals surface area contributed by atoms with Crippen molar-refractivity contribution in [1.29, 1.82) is 0 Å². The van der Waals surface area contributed by atoms with E-state index in [9.17, 15) is 10.2 Å². The van der Waals surface area contributed by atoms with Crippen LogP contribution in [-0.2, 0) is 0 Å². The van der Waals surface area contributed by atoms with Crippen LogP contribution in [0.15, 0.2) is 12.1 Å². The van der Waals surface area contributed by atoms with Gasteiger partial charge in [0.15, 0.2) is 0 Å². The minimum absolute atomic E-state index is 0. The van der Waals surface area contributed by atoms with E-state index in [1.807, 2.05) is 13.8 Å². The van der Waals surface area contributed by atoms with Crippen molar-refractivity contribution in [1.82, 2.24) is 0 Å². The molecule has 0 amide bonds. The maximum Gasteiger partial charge on any atom is 0.123 e. The summed E-state index contributed by atoms with van der Waals surface area (Å²) in [6, 6.07) is 2.63. The van der Waals surface area contributed by atoms with E-state index in [2.05, 4.69) is 0 Å². The van der Waals surface area contributed by atoms with Crippen LogP contribution in [-0.4, -0.2) is 16.3 Å². The van der Waals surface area contributed by atoms with Crippen molar-refractivity contribution < 1.29 is 10.2 Å². The Morgan fingerprint density at radius 1 is 1.29 bits per heavy atom. The Balaban J connectivity index is 0.00000256. The van der Waals surface area contributed by atoms with Crippen molar-refractivity contribution in [3.05, 3.63) is 28.3 Å². The largest absolute Gasteiger partial charge is 0.507 e. The molecular weight excluding hydrogens is 261 g/mol. The summed E-state index contributed by atoms with van der Waals surface area (Å²) in [7, 11) is 0. The summed E-state index contributed by atoms with van der Waals surface area (Å²) in [6.07, 6.45) is -0.705. The second-order valence-electron chi connectivity index (χ2n) is 4.42. The predicted molar refractivity (Wildman–Crippen MR) is 72.9 cm³/mol. The summed E-state index contributed by atoms with van der Waals surface area (Å²) in [5.74, 6) is 0.130. The van der Waals surface area contributed by atoms with Crippen LogP contribution in [0, 0.1) is 12.8 Å². The first kappa shape index (κ1) is 16.5. The summed E-state index contributed by atoms with van der Waals surface area (Å²) in [4.78, 5) is 0. The van der Waals surface area contributed by atoms with E-state index in [0.29, 0.717) is 16.1 Å². The molecule has 0 aliphatic rings. The lowest BCUT2D eigenvalue weighted by molar-refractivity contribution is 0.0969. The summed E-state index contributed by atoms with van der Waals surface area (Å²) in [5.41, 5.74) is 7.06. The van der Waals surface area contributed by atoms with E-state index < -0.39 is 12.1 Å². The molecule has 2 atom stereocenters. The Morgan fingerprint density at radius 2 is 1.82 bits per heavy atom. The van der Waals surface area contributed by atoms with Gasteiger partial charge >= 0.3 is 0 Å². The average molecular weight is 280 g/mol. The third-order valence-corrected chi connectivity index (χ3v) is 2.92. The van der Waals surface area contributed by atoms with Crippen LogP contribution in [0.5, 0.6) is 5.75 Å². The van der Waals surface area contributed by atoms with Crippen molar-refractivity contribution in [3.8, 4) is 5.75 Å². The van der Waals surface area contributed by atoms with Crippen LogP contribution in [0.3, 0.4) is 0 Å². The Kier molecular flexibility index (Phi) is 6.27. The highest BCUT2D eigenvalue weighted by molar-refractivity contribution is 6.30. The molecule has 0 radical (unpaired) electrons. The van der Waals surface area contributed by atoms with Crippen LogP contribution in [0.4, 0.5) is 0 Å². The summed E-state index contributed by atoms with van der Waals surface area (Å²) in [6.45, 7) is 5.50. The van der Waals surface area contributed by atoms with Crippen LogP contribution < -0.4 is 5.73 Å². The SMILES string of the molecule is Cc1cc(Cl)cc([C@H](N)[C@H](O)C(C)C)c1O.Cl. The van der Waals surface area contributed by atoms with Gasteiger partial charge in [-0.3, -0.25) is 0 Å². The first-order chi connectivity index (χ1) is 7.34. The Bertz CT molecular complexity index is 383. The molecule has 0 fully saturated rings. The van der Waals surface area contributed by atoms with Crippen LogP contribution >= 0.6 is 24.0 Å². The molecule has 17 heavy (non-hydrogen) atoms. The maximum absolute atomic E-state index is 9.88. The number of aliphatic hydroxyl groups is 1. The lowest BCUT2D eigenvalue weighted by Gasteiger charge is -2.23. The monoisotopic (exact) mass is 279 g/mol. The molecule has 0 aliphatic heterocycles. The fourth-order valence-electron chi connectivity index (χ4n) is 1.61. The zero-order chi connectivity index (χ0) is 12.5. The summed E-state index contributed by atoms with van der Waals surface area (Å²) >= 11 is 5.90. The third-order valence-electron chi connectivity index (χ3n) is 2.70. The van der Waals surface area contributed by atoms with Gasteiger partial charge in [0.2, 0.25) is 0 Å². The molecule has 0 aromatic heterocycles. The number of aryl methyl sites for hydroxylation is 1. The van der Waals surface area contributed by atoms with E-state index in [1.54, 1.807) is 19.1 Å². The molecule has 0 saturated heterocycles. The van der Waals surface area contributed by atoms with Crippen LogP contribution in [0.2, 0.25) is 5.02 Å². The number of hydrogen-bond donors (Lipinski definition) is 3. The molecule has 3 nitrogen and oxygen atoms in total. The second-order valence-corrected chi connectivity index (χ2v) is 4.86. The second kappa shape index (κ2) is 6.45. The number of aliphatic hydroxyl groups excluding tert-OH is 1. The highest BCUT2D eigenvalue weighted by atomic mass is 35.5. The molecule has 4 N–H and O–H groups in total. The van der Waals surface area contributed by atoms with E-state index >= 15 is 0 Å². The van der Waals surface area contributed by atoms with Crippen molar-refractivity contribution in [2.45, 2.75) is 32.9 Å². The molecule has 98 valence electrons. The van der Waals surface area contributed by atoms with E-state index in [-0.39, 0.29) is 24.1 Å². The lowest BCUT2D eigenvalue weighted by atomic mass is 9.93. The van der Waals surface area contributed by atoms with Crippen LogP contribution in [0.25, 0.3) is 0 Å². The molecule has 0 aliphatic carbocycles. The third kappa shape index (κ3) is 3.75. The number of nitrogens with two attached hydrogens (primary N) is 1. The van der Waals surface area contributed by atoms with Crippen molar-refractivity contribution in [3.63, 3.8) is 0 Å². The number of halogens is 2. The molecule has 0 bridgehead atoms. The fraction of sp³-hybridized carbons (Fsp3) is 0.500. The molecule has 1 rings (SSSR count). The van der Waals surface area contributed by atoms with Gasteiger partial charge in [0.05, 0.1) is 12.1 Å². The smallest absolute Gasteiger partial charge is 0.123 e. The van der Waals surface area contributed by atoms with Gasteiger partial charge in [-0.15, -0.1) is 12.4 Å².